The van der Waals surface area contributed by atoms with Gasteiger partial charge in [-0.15, -0.1) is 0 Å². The molecular weight excluding hydrogens is 377 g/mol. The Balaban J connectivity index is 1.89. The number of rotatable bonds is 6. The predicted octanol–water partition coefficient (Wildman–Crippen LogP) is 3.46. The van der Waals surface area contributed by atoms with Gasteiger partial charge in [-0.05, 0) is 49.9 Å². The van der Waals surface area contributed by atoms with Gasteiger partial charge in [-0.2, -0.15) is 9.78 Å². The van der Waals surface area contributed by atoms with Gasteiger partial charge in [0.1, 0.15) is 5.82 Å². The van der Waals surface area contributed by atoms with Crippen LogP contribution in [0.1, 0.15) is 55.9 Å². The van der Waals surface area contributed by atoms with E-state index in [-0.39, 0.29) is 23.9 Å². The molecule has 2 aromatic rings. The Morgan fingerprint density at radius 3 is 2.55 bits per heavy atom. The molecule has 3 rings (SSSR count). The van der Waals surface area contributed by atoms with Gasteiger partial charge in [-0.25, -0.2) is 9.18 Å². The molecule has 0 atom stereocenters. The van der Waals surface area contributed by atoms with Crippen molar-refractivity contribution >= 4 is 17.6 Å². The number of ether oxygens (including phenoxy) is 1. The summed E-state index contributed by atoms with van der Waals surface area (Å²) in [4.78, 5) is 37.4. The maximum Gasteiger partial charge on any atom is 0.360 e. The first-order valence-corrected chi connectivity index (χ1v) is 9.85. The summed E-state index contributed by atoms with van der Waals surface area (Å²) in [7, 11) is 0. The summed E-state index contributed by atoms with van der Waals surface area (Å²) in [6, 6.07) is 6.27. The van der Waals surface area contributed by atoms with E-state index in [0.717, 1.165) is 36.4 Å². The standard InChI is InChI=1S/C21H24FN3O4/c1-2-29-21(28)20-17(23-18(26)12-14-6-4-3-5-7-14)13-19(27)25(24-20)16-10-8-15(22)9-11-16/h8-11,13-14H,2-7,12H2,1H3,(H,23,26). The number of nitrogens with one attached hydrogen (secondary N) is 1. The lowest BCUT2D eigenvalue weighted by Gasteiger charge is -2.21. The number of aromatic nitrogens is 2. The topological polar surface area (TPSA) is 90.3 Å². The van der Waals surface area contributed by atoms with Crippen LogP contribution in [0.3, 0.4) is 0 Å². The Kier molecular flexibility index (Phi) is 6.74. The first-order chi connectivity index (χ1) is 14.0. The van der Waals surface area contributed by atoms with E-state index < -0.39 is 17.3 Å². The zero-order chi connectivity index (χ0) is 20.8. The smallest absolute Gasteiger partial charge is 0.360 e. The monoisotopic (exact) mass is 401 g/mol. The van der Waals surface area contributed by atoms with Crippen molar-refractivity contribution in [1.82, 2.24) is 9.78 Å². The van der Waals surface area contributed by atoms with Crippen LogP contribution in [0.2, 0.25) is 0 Å². The molecular formula is C21H24FN3O4. The normalized spacial score (nSPS) is 14.4. The molecule has 1 N–H and O–H groups in total. The summed E-state index contributed by atoms with van der Waals surface area (Å²) in [6.07, 6.45) is 5.76. The summed E-state index contributed by atoms with van der Waals surface area (Å²) in [6.45, 7) is 1.76. The first-order valence-electron chi connectivity index (χ1n) is 9.85. The van der Waals surface area contributed by atoms with Crippen LogP contribution < -0.4 is 10.9 Å². The van der Waals surface area contributed by atoms with Gasteiger partial charge in [0, 0.05) is 12.5 Å². The summed E-state index contributed by atoms with van der Waals surface area (Å²) in [5, 5.41) is 6.73. The minimum Gasteiger partial charge on any atom is -0.461 e. The SMILES string of the molecule is CCOC(=O)c1nn(-c2ccc(F)cc2)c(=O)cc1NC(=O)CC1CCCCC1. The molecule has 1 heterocycles. The Bertz CT molecular complexity index is 934. The van der Waals surface area contributed by atoms with Crippen LogP contribution in [-0.2, 0) is 9.53 Å². The van der Waals surface area contributed by atoms with Gasteiger partial charge in [0.25, 0.3) is 5.56 Å². The van der Waals surface area contributed by atoms with Gasteiger partial charge >= 0.3 is 5.97 Å². The Morgan fingerprint density at radius 2 is 1.90 bits per heavy atom. The van der Waals surface area contributed by atoms with Crippen LogP contribution in [0, 0.1) is 11.7 Å². The number of benzene rings is 1. The molecule has 7 nitrogen and oxygen atoms in total. The molecule has 0 aliphatic heterocycles. The van der Waals surface area contributed by atoms with Gasteiger partial charge in [-0.1, -0.05) is 19.3 Å². The number of esters is 1. The van der Waals surface area contributed by atoms with Crippen molar-refractivity contribution in [2.75, 3.05) is 11.9 Å². The van der Waals surface area contributed by atoms with Gasteiger partial charge < -0.3 is 10.1 Å². The van der Waals surface area contributed by atoms with E-state index in [1.807, 2.05) is 0 Å². The average molecular weight is 401 g/mol. The minimum atomic E-state index is -0.753. The van der Waals surface area contributed by atoms with Gasteiger partial charge in [0.15, 0.2) is 5.69 Å². The number of hydrogen-bond acceptors (Lipinski definition) is 5. The molecule has 0 saturated heterocycles. The second-order valence-corrected chi connectivity index (χ2v) is 7.11. The molecule has 1 aromatic heterocycles. The Hall–Kier alpha value is -3.03. The quantitative estimate of drug-likeness (QED) is 0.749. The molecule has 29 heavy (non-hydrogen) atoms. The lowest BCUT2D eigenvalue weighted by molar-refractivity contribution is -0.117. The molecule has 1 fully saturated rings. The third-order valence-corrected chi connectivity index (χ3v) is 4.94. The zero-order valence-electron chi connectivity index (χ0n) is 16.3. The van der Waals surface area contributed by atoms with E-state index in [9.17, 15) is 18.8 Å². The van der Waals surface area contributed by atoms with Gasteiger partial charge in [-0.3, -0.25) is 9.59 Å². The lowest BCUT2D eigenvalue weighted by Crippen LogP contribution is -2.27. The first kappa shape index (κ1) is 20.7. The fourth-order valence-electron chi connectivity index (χ4n) is 3.52. The highest BCUT2D eigenvalue weighted by atomic mass is 19.1. The third-order valence-electron chi connectivity index (χ3n) is 4.94. The van der Waals surface area contributed by atoms with Crippen LogP contribution in [0.25, 0.3) is 5.69 Å². The van der Waals surface area contributed by atoms with Crippen molar-refractivity contribution < 1.29 is 18.7 Å². The molecule has 1 aliphatic carbocycles. The lowest BCUT2D eigenvalue weighted by atomic mass is 9.87. The molecule has 0 radical (unpaired) electrons. The van der Waals surface area contributed by atoms with Crippen LogP contribution in [0.5, 0.6) is 0 Å². The van der Waals surface area contributed by atoms with Crippen molar-refractivity contribution in [3.05, 3.63) is 52.2 Å². The number of anilines is 1. The molecule has 154 valence electrons. The van der Waals surface area contributed by atoms with E-state index in [4.69, 9.17) is 4.74 Å². The molecule has 8 heteroatoms. The fourth-order valence-corrected chi connectivity index (χ4v) is 3.52. The summed E-state index contributed by atoms with van der Waals surface area (Å²) >= 11 is 0. The van der Waals surface area contributed by atoms with Crippen LogP contribution >= 0.6 is 0 Å². The van der Waals surface area contributed by atoms with Crippen LogP contribution in [0.15, 0.2) is 35.1 Å². The van der Waals surface area contributed by atoms with E-state index in [2.05, 4.69) is 10.4 Å². The zero-order valence-corrected chi connectivity index (χ0v) is 16.3. The summed E-state index contributed by atoms with van der Waals surface area (Å²) in [5.41, 5.74) is -0.417. The molecule has 1 aliphatic rings. The van der Waals surface area contributed by atoms with Gasteiger partial charge in [0.2, 0.25) is 5.91 Å². The Labute approximate surface area is 167 Å². The van der Waals surface area contributed by atoms with E-state index in [1.54, 1.807) is 6.92 Å². The highest BCUT2D eigenvalue weighted by Gasteiger charge is 2.22. The maximum atomic E-state index is 13.2. The number of nitrogens with zero attached hydrogens (tertiary/aromatic N) is 2. The molecule has 0 unspecified atom stereocenters. The van der Waals surface area contributed by atoms with E-state index >= 15 is 0 Å². The summed E-state index contributed by atoms with van der Waals surface area (Å²) < 4.78 is 19.2. The average Bonchev–Trinajstić information content (AvgIpc) is 2.70. The molecule has 0 bridgehead atoms. The predicted molar refractivity (Wildman–Crippen MR) is 106 cm³/mol. The second kappa shape index (κ2) is 9.45. The van der Waals surface area contributed by atoms with Crippen LogP contribution in [0.4, 0.5) is 10.1 Å². The number of hydrogen-bond donors (Lipinski definition) is 1. The largest absolute Gasteiger partial charge is 0.461 e. The number of carbonyl (C=O) groups excluding carboxylic acids is 2. The second-order valence-electron chi connectivity index (χ2n) is 7.11. The third kappa shape index (κ3) is 5.28. The van der Waals surface area contributed by atoms with Crippen LogP contribution in [-0.4, -0.2) is 28.3 Å². The summed E-state index contributed by atoms with van der Waals surface area (Å²) in [5.74, 6) is -1.17. The molecule has 1 amide bonds. The minimum absolute atomic E-state index is 0.0209. The van der Waals surface area contributed by atoms with Crippen molar-refractivity contribution in [2.45, 2.75) is 45.4 Å². The van der Waals surface area contributed by atoms with Crippen molar-refractivity contribution in [3.63, 3.8) is 0 Å². The fraction of sp³-hybridized carbons (Fsp3) is 0.429. The molecule has 0 spiro atoms. The maximum absolute atomic E-state index is 13.2. The van der Waals surface area contributed by atoms with Crippen molar-refractivity contribution in [3.8, 4) is 5.69 Å². The Morgan fingerprint density at radius 1 is 1.21 bits per heavy atom. The highest BCUT2D eigenvalue weighted by Crippen LogP contribution is 2.26. The van der Waals surface area contributed by atoms with Gasteiger partial charge in [0.05, 0.1) is 18.0 Å². The van der Waals surface area contributed by atoms with Crippen molar-refractivity contribution in [2.24, 2.45) is 5.92 Å². The molecule has 1 saturated carbocycles. The number of amides is 1. The van der Waals surface area contributed by atoms with E-state index in [1.165, 1.54) is 30.7 Å². The molecule has 1 aromatic carbocycles. The van der Waals surface area contributed by atoms with E-state index in [0.29, 0.717) is 18.0 Å². The highest BCUT2D eigenvalue weighted by molar-refractivity contribution is 5.99. The van der Waals surface area contributed by atoms with Crippen molar-refractivity contribution in [1.29, 1.82) is 0 Å². The number of carbonyl (C=O) groups is 2. The number of halogens is 1.